The second kappa shape index (κ2) is 8.27. The van der Waals surface area contributed by atoms with E-state index in [0.717, 1.165) is 30.6 Å². The lowest BCUT2D eigenvalue weighted by atomic mass is 9.78. The monoisotopic (exact) mass is 396 g/mol. The van der Waals surface area contributed by atoms with Gasteiger partial charge in [-0.1, -0.05) is 25.3 Å². The van der Waals surface area contributed by atoms with E-state index < -0.39 is 0 Å². The number of ether oxygens (including phenoxy) is 1. The number of amides is 2. The predicted molar refractivity (Wildman–Crippen MR) is 111 cm³/mol. The minimum absolute atomic E-state index is 0.0684. The highest BCUT2D eigenvalue weighted by molar-refractivity contribution is 5.88. The van der Waals surface area contributed by atoms with Crippen LogP contribution in [0, 0.1) is 5.92 Å². The Balaban J connectivity index is 1.63. The molecule has 2 aliphatic rings. The molecule has 2 aromatic rings. The zero-order chi connectivity index (χ0) is 20.4. The molecule has 0 spiro atoms. The molecule has 1 aliphatic carbocycles. The number of nitrogens with zero attached hydrogens (tertiary/aromatic N) is 3. The Hall–Kier alpha value is -2.83. The number of benzene rings is 1. The van der Waals surface area contributed by atoms with Crippen molar-refractivity contribution in [2.45, 2.75) is 51.1 Å². The molecule has 7 heteroatoms. The van der Waals surface area contributed by atoms with Gasteiger partial charge in [0.15, 0.2) is 0 Å². The van der Waals surface area contributed by atoms with E-state index in [0.29, 0.717) is 12.5 Å². The summed E-state index contributed by atoms with van der Waals surface area (Å²) in [6.07, 6.45) is 9.92. The van der Waals surface area contributed by atoms with Gasteiger partial charge in [-0.15, -0.1) is 0 Å². The standard InChI is InChI=1S/C22H28N4O3/c1-25-11-10-23-20(21(25)27)24-22(28)26-14-17-12-18(29-2)9-8-16(17)13-19(26)15-6-4-3-5-7-15/h8-12,15,19H,3-7,13-14H2,1-2H3,(H,23,24,28). The second-order valence-electron chi connectivity index (χ2n) is 8.05. The molecule has 0 saturated heterocycles. The van der Waals surface area contributed by atoms with Gasteiger partial charge in [0, 0.05) is 32.0 Å². The van der Waals surface area contributed by atoms with Gasteiger partial charge in [0.1, 0.15) is 5.75 Å². The fourth-order valence-electron chi connectivity index (χ4n) is 4.63. The molecule has 0 bridgehead atoms. The van der Waals surface area contributed by atoms with Gasteiger partial charge in [-0.2, -0.15) is 0 Å². The molecule has 1 aromatic heterocycles. The Labute approximate surface area is 170 Å². The molecule has 7 nitrogen and oxygen atoms in total. The van der Waals surface area contributed by atoms with Crippen molar-refractivity contribution in [1.82, 2.24) is 14.5 Å². The maximum atomic E-state index is 13.2. The first kappa shape index (κ1) is 19.5. The molecule has 29 heavy (non-hydrogen) atoms. The van der Waals surface area contributed by atoms with Gasteiger partial charge in [0.25, 0.3) is 5.56 Å². The maximum Gasteiger partial charge on any atom is 0.323 e. The van der Waals surface area contributed by atoms with Crippen LogP contribution in [0.2, 0.25) is 0 Å². The third kappa shape index (κ3) is 3.99. The summed E-state index contributed by atoms with van der Waals surface area (Å²) in [5, 5.41) is 2.76. The molecule has 154 valence electrons. The van der Waals surface area contributed by atoms with Gasteiger partial charge in [-0.25, -0.2) is 9.78 Å². The van der Waals surface area contributed by atoms with Crippen molar-refractivity contribution in [2.24, 2.45) is 13.0 Å². The van der Waals surface area contributed by atoms with E-state index in [2.05, 4.69) is 16.4 Å². The Bertz CT molecular complexity index is 949. The molecule has 1 fully saturated rings. The molecule has 1 unspecified atom stereocenters. The van der Waals surface area contributed by atoms with Gasteiger partial charge in [-0.05, 0) is 48.4 Å². The van der Waals surface area contributed by atoms with Crippen LogP contribution >= 0.6 is 0 Å². The lowest BCUT2D eigenvalue weighted by Crippen LogP contribution is -2.50. The number of fused-ring (bicyclic) bond motifs is 1. The summed E-state index contributed by atoms with van der Waals surface area (Å²) in [6.45, 7) is 0.507. The number of aromatic nitrogens is 2. The third-order valence-electron chi connectivity index (χ3n) is 6.28. The van der Waals surface area contributed by atoms with Crippen molar-refractivity contribution in [2.75, 3.05) is 12.4 Å². The fourth-order valence-corrected chi connectivity index (χ4v) is 4.63. The lowest BCUT2D eigenvalue weighted by molar-refractivity contribution is 0.125. The van der Waals surface area contributed by atoms with Crippen molar-refractivity contribution in [3.63, 3.8) is 0 Å². The van der Waals surface area contributed by atoms with E-state index >= 15 is 0 Å². The summed E-state index contributed by atoms with van der Waals surface area (Å²) >= 11 is 0. The molecule has 1 aromatic carbocycles. The highest BCUT2D eigenvalue weighted by Gasteiger charge is 2.36. The summed E-state index contributed by atoms with van der Waals surface area (Å²) in [7, 11) is 3.30. The van der Waals surface area contributed by atoms with Crippen molar-refractivity contribution in [1.29, 1.82) is 0 Å². The minimum Gasteiger partial charge on any atom is -0.497 e. The van der Waals surface area contributed by atoms with Crippen LogP contribution in [0.5, 0.6) is 5.75 Å². The number of rotatable bonds is 3. The summed E-state index contributed by atoms with van der Waals surface area (Å²) in [6, 6.07) is 5.98. The third-order valence-corrected chi connectivity index (χ3v) is 6.28. The number of hydrogen-bond acceptors (Lipinski definition) is 4. The Morgan fingerprint density at radius 2 is 2.00 bits per heavy atom. The highest BCUT2D eigenvalue weighted by atomic mass is 16.5. The van der Waals surface area contributed by atoms with Crippen molar-refractivity contribution in [3.8, 4) is 5.75 Å². The van der Waals surface area contributed by atoms with E-state index in [1.165, 1.54) is 35.6 Å². The Kier molecular flexibility index (Phi) is 5.56. The van der Waals surface area contributed by atoms with E-state index in [9.17, 15) is 9.59 Å². The van der Waals surface area contributed by atoms with Crippen molar-refractivity contribution >= 4 is 11.8 Å². The zero-order valence-electron chi connectivity index (χ0n) is 17.1. The van der Waals surface area contributed by atoms with Crippen LogP contribution in [-0.2, 0) is 20.0 Å². The number of carbonyl (C=O) groups is 1. The van der Waals surface area contributed by atoms with Crippen LogP contribution < -0.4 is 15.6 Å². The van der Waals surface area contributed by atoms with E-state index in [4.69, 9.17) is 4.74 Å². The molecule has 1 N–H and O–H groups in total. The number of urea groups is 1. The van der Waals surface area contributed by atoms with Gasteiger partial charge in [0.2, 0.25) is 5.82 Å². The highest BCUT2D eigenvalue weighted by Crippen LogP contribution is 2.36. The molecular formula is C22H28N4O3. The molecule has 1 saturated carbocycles. The van der Waals surface area contributed by atoms with E-state index in [-0.39, 0.29) is 23.5 Å². The van der Waals surface area contributed by atoms with E-state index in [1.807, 2.05) is 17.0 Å². The van der Waals surface area contributed by atoms with E-state index in [1.54, 1.807) is 20.4 Å². The normalized spacial score (nSPS) is 19.5. The molecule has 1 atom stereocenters. The first-order valence-electron chi connectivity index (χ1n) is 10.3. The van der Waals surface area contributed by atoms with Gasteiger partial charge >= 0.3 is 6.03 Å². The summed E-state index contributed by atoms with van der Waals surface area (Å²) < 4.78 is 6.78. The quantitative estimate of drug-likeness (QED) is 0.863. The molecule has 2 amide bonds. The number of hydrogen-bond donors (Lipinski definition) is 1. The van der Waals surface area contributed by atoms with Crippen molar-refractivity contribution in [3.05, 3.63) is 52.1 Å². The fraction of sp³-hybridized carbons (Fsp3) is 0.500. The van der Waals surface area contributed by atoms with Crippen LogP contribution in [0.3, 0.4) is 0 Å². The Morgan fingerprint density at radius 1 is 1.21 bits per heavy atom. The summed E-state index contributed by atoms with van der Waals surface area (Å²) in [5.41, 5.74) is 2.06. The van der Waals surface area contributed by atoms with Crippen molar-refractivity contribution < 1.29 is 9.53 Å². The number of carbonyl (C=O) groups excluding carboxylic acids is 1. The summed E-state index contributed by atoms with van der Waals surface area (Å²) in [5.74, 6) is 1.34. The maximum absolute atomic E-state index is 13.2. The average molecular weight is 396 g/mol. The second-order valence-corrected chi connectivity index (χ2v) is 8.05. The van der Waals surface area contributed by atoms with Crippen LogP contribution in [0.1, 0.15) is 43.2 Å². The molecule has 1 aliphatic heterocycles. The summed E-state index contributed by atoms with van der Waals surface area (Å²) in [4.78, 5) is 31.5. The molecule has 2 heterocycles. The average Bonchev–Trinajstić information content (AvgIpc) is 2.76. The smallest absolute Gasteiger partial charge is 0.323 e. The van der Waals surface area contributed by atoms with Gasteiger partial charge in [-0.3, -0.25) is 10.1 Å². The number of methoxy groups -OCH3 is 1. The molecular weight excluding hydrogens is 368 g/mol. The largest absolute Gasteiger partial charge is 0.497 e. The molecule has 4 rings (SSSR count). The van der Waals surface area contributed by atoms with Gasteiger partial charge < -0.3 is 14.2 Å². The van der Waals surface area contributed by atoms with Crippen LogP contribution in [0.4, 0.5) is 10.6 Å². The molecule has 0 radical (unpaired) electrons. The first-order chi connectivity index (χ1) is 14.1. The van der Waals surface area contributed by atoms with Crippen LogP contribution in [0.15, 0.2) is 35.4 Å². The number of anilines is 1. The van der Waals surface area contributed by atoms with Gasteiger partial charge in [0.05, 0.1) is 7.11 Å². The topological polar surface area (TPSA) is 76.5 Å². The Morgan fingerprint density at radius 3 is 2.76 bits per heavy atom. The van der Waals surface area contributed by atoms with Crippen LogP contribution in [0.25, 0.3) is 0 Å². The number of nitrogens with one attached hydrogen (secondary N) is 1. The minimum atomic E-state index is -0.311. The predicted octanol–water partition coefficient (Wildman–Crippen LogP) is 3.33. The van der Waals surface area contributed by atoms with Crippen LogP contribution in [-0.4, -0.2) is 33.6 Å². The lowest BCUT2D eigenvalue weighted by Gasteiger charge is -2.42. The SMILES string of the molecule is COc1ccc2c(c1)CN(C(=O)Nc1nccn(C)c1=O)C(C1CCCCC1)C2. The first-order valence-corrected chi connectivity index (χ1v) is 10.3. The zero-order valence-corrected chi connectivity index (χ0v) is 17.1. The number of aryl methyl sites for hydroxylation is 1.